The fourth-order valence-electron chi connectivity index (χ4n) is 0.939. The van der Waals surface area contributed by atoms with Crippen LogP contribution in [0.1, 0.15) is 5.56 Å². The first-order chi connectivity index (χ1) is 7.33. The van der Waals surface area contributed by atoms with Crippen LogP contribution in [-0.4, -0.2) is 19.2 Å². The van der Waals surface area contributed by atoms with Crippen LogP contribution in [0.15, 0.2) is 30.3 Å². The van der Waals surface area contributed by atoms with E-state index in [1.165, 1.54) is 0 Å². The lowest BCUT2D eigenvalue weighted by Crippen LogP contribution is -2.33. The van der Waals surface area contributed by atoms with Crippen molar-refractivity contribution in [2.75, 3.05) is 6.67 Å². The molecule has 1 rings (SSSR count). The van der Waals surface area contributed by atoms with E-state index in [0.29, 0.717) is 6.41 Å². The quantitative estimate of drug-likeness (QED) is 0.423. The van der Waals surface area contributed by atoms with Crippen molar-refractivity contribution in [2.24, 2.45) is 0 Å². The molecule has 0 unspecified atom stereocenters. The Balaban J connectivity index is 2.20. The lowest BCUT2D eigenvalue weighted by atomic mass is 10.2. The van der Waals surface area contributed by atoms with E-state index in [0.717, 1.165) is 5.56 Å². The summed E-state index contributed by atoms with van der Waals surface area (Å²) in [6.07, 6.45) is -0.0644. The second kappa shape index (κ2) is 6.42. The van der Waals surface area contributed by atoms with Crippen molar-refractivity contribution in [3.8, 4) is 0 Å². The SMILES string of the molecule is O=CNCNC(=O)OCc1ccccc1. The summed E-state index contributed by atoms with van der Waals surface area (Å²) >= 11 is 0. The van der Waals surface area contributed by atoms with Crippen molar-refractivity contribution in [1.29, 1.82) is 0 Å². The minimum Gasteiger partial charge on any atom is -0.445 e. The molecule has 0 fully saturated rings. The average molecular weight is 208 g/mol. The van der Waals surface area contributed by atoms with Crippen LogP contribution >= 0.6 is 0 Å². The summed E-state index contributed by atoms with van der Waals surface area (Å²) in [7, 11) is 0. The molecule has 0 aromatic heterocycles. The van der Waals surface area contributed by atoms with Crippen LogP contribution in [-0.2, 0) is 16.1 Å². The molecule has 5 nitrogen and oxygen atoms in total. The Hall–Kier alpha value is -2.04. The molecule has 0 heterocycles. The maximum Gasteiger partial charge on any atom is 0.408 e. The number of hydrogen-bond donors (Lipinski definition) is 2. The molecule has 0 saturated carbocycles. The molecular formula is C10H12N2O3. The summed E-state index contributed by atoms with van der Waals surface area (Å²) < 4.78 is 4.87. The van der Waals surface area contributed by atoms with Crippen LogP contribution in [0.25, 0.3) is 0 Å². The van der Waals surface area contributed by atoms with Crippen LogP contribution < -0.4 is 10.6 Å². The molecule has 5 heteroatoms. The molecule has 0 aliphatic rings. The third-order valence-electron chi connectivity index (χ3n) is 1.63. The zero-order valence-electron chi connectivity index (χ0n) is 8.10. The largest absolute Gasteiger partial charge is 0.445 e. The van der Waals surface area contributed by atoms with E-state index < -0.39 is 6.09 Å². The van der Waals surface area contributed by atoms with Gasteiger partial charge in [-0.2, -0.15) is 0 Å². The summed E-state index contributed by atoms with van der Waals surface area (Å²) in [5, 5.41) is 4.64. The fourth-order valence-corrected chi connectivity index (χ4v) is 0.939. The number of carbonyl (C=O) groups excluding carboxylic acids is 2. The van der Waals surface area contributed by atoms with Crippen molar-refractivity contribution >= 4 is 12.5 Å². The van der Waals surface area contributed by atoms with Gasteiger partial charge in [0.1, 0.15) is 6.61 Å². The minimum absolute atomic E-state index is 0.0666. The van der Waals surface area contributed by atoms with Crippen LogP contribution in [0.3, 0.4) is 0 Å². The first-order valence-electron chi connectivity index (χ1n) is 4.44. The number of alkyl carbamates (subject to hydrolysis) is 1. The minimum atomic E-state index is -0.562. The number of ether oxygens (including phenoxy) is 1. The monoisotopic (exact) mass is 208 g/mol. The Bertz CT molecular complexity index is 314. The van der Waals surface area contributed by atoms with Gasteiger partial charge in [-0.15, -0.1) is 0 Å². The predicted octanol–water partition coefficient (Wildman–Crippen LogP) is 0.616. The maximum absolute atomic E-state index is 11.0. The molecule has 2 amide bonds. The lowest BCUT2D eigenvalue weighted by Gasteiger charge is -2.05. The average Bonchev–Trinajstić information content (AvgIpc) is 2.28. The van der Waals surface area contributed by atoms with Gasteiger partial charge in [-0.1, -0.05) is 30.3 Å². The number of carbonyl (C=O) groups is 2. The van der Waals surface area contributed by atoms with Crippen molar-refractivity contribution in [2.45, 2.75) is 6.61 Å². The van der Waals surface area contributed by atoms with Gasteiger partial charge in [-0.05, 0) is 5.56 Å². The Morgan fingerprint density at radius 2 is 2.07 bits per heavy atom. The number of benzene rings is 1. The first-order valence-corrected chi connectivity index (χ1v) is 4.44. The van der Waals surface area contributed by atoms with E-state index in [1.54, 1.807) is 0 Å². The van der Waals surface area contributed by atoms with E-state index in [9.17, 15) is 9.59 Å². The standard InChI is InChI=1S/C10H12N2O3/c13-8-11-7-12-10(14)15-6-9-4-2-1-3-5-9/h1-5,8H,6-7H2,(H,11,13)(H,12,14). The third-order valence-corrected chi connectivity index (χ3v) is 1.63. The summed E-state index contributed by atoms with van der Waals surface area (Å²) in [6, 6.07) is 9.33. The highest BCUT2D eigenvalue weighted by atomic mass is 16.5. The molecule has 0 aliphatic heterocycles. The number of rotatable bonds is 5. The van der Waals surface area contributed by atoms with Gasteiger partial charge < -0.3 is 15.4 Å². The zero-order chi connectivity index (χ0) is 10.9. The van der Waals surface area contributed by atoms with E-state index in [-0.39, 0.29) is 13.3 Å². The van der Waals surface area contributed by atoms with Gasteiger partial charge in [0.15, 0.2) is 0 Å². The van der Waals surface area contributed by atoms with Gasteiger partial charge in [0.25, 0.3) is 0 Å². The van der Waals surface area contributed by atoms with E-state index in [2.05, 4.69) is 10.6 Å². The fraction of sp³-hybridized carbons (Fsp3) is 0.200. The lowest BCUT2D eigenvalue weighted by molar-refractivity contribution is -0.109. The number of hydrogen-bond acceptors (Lipinski definition) is 3. The molecule has 0 saturated heterocycles. The molecular weight excluding hydrogens is 196 g/mol. The molecule has 0 radical (unpaired) electrons. The van der Waals surface area contributed by atoms with Gasteiger partial charge in [0.05, 0.1) is 6.67 Å². The van der Waals surface area contributed by atoms with Crippen molar-refractivity contribution in [3.63, 3.8) is 0 Å². The molecule has 2 N–H and O–H groups in total. The summed E-state index contributed by atoms with van der Waals surface area (Å²) in [6.45, 7) is 0.283. The smallest absolute Gasteiger partial charge is 0.408 e. The van der Waals surface area contributed by atoms with Crippen LogP contribution in [0, 0.1) is 0 Å². The molecule has 0 aliphatic carbocycles. The first kappa shape index (κ1) is 11.0. The molecule has 80 valence electrons. The van der Waals surface area contributed by atoms with Crippen LogP contribution in [0.2, 0.25) is 0 Å². The van der Waals surface area contributed by atoms with Crippen molar-refractivity contribution < 1.29 is 14.3 Å². The molecule has 15 heavy (non-hydrogen) atoms. The zero-order valence-corrected chi connectivity index (χ0v) is 8.10. The van der Waals surface area contributed by atoms with Gasteiger partial charge in [0, 0.05) is 0 Å². The van der Waals surface area contributed by atoms with Gasteiger partial charge in [-0.25, -0.2) is 4.79 Å². The Kier molecular flexibility index (Phi) is 4.72. The summed E-state index contributed by atoms with van der Waals surface area (Å²) in [5.74, 6) is 0. The Morgan fingerprint density at radius 1 is 1.33 bits per heavy atom. The van der Waals surface area contributed by atoms with Crippen LogP contribution in [0.4, 0.5) is 4.79 Å². The van der Waals surface area contributed by atoms with Gasteiger partial charge >= 0.3 is 6.09 Å². The van der Waals surface area contributed by atoms with Crippen molar-refractivity contribution in [1.82, 2.24) is 10.6 Å². The van der Waals surface area contributed by atoms with Gasteiger partial charge in [0.2, 0.25) is 6.41 Å². The number of nitrogens with one attached hydrogen (secondary N) is 2. The summed E-state index contributed by atoms with van der Waals surface area (Å²) in [5.41, 5.74) is 0.913. The third kappa shape index (κ3) is 4.66. The molecule has 0 spiro atoms. The normalized spacial score (nSPS) is 9.07. The van der Waals surface area contributed by atoms with E-state index in [1.807, 2.05) is 30.3 Å². The highest BCUT2D eigenvalue weighted by molar-refractivity contribution is 5.67. The molecule has 1 aromatic rings. The highest BCUT2D eigenvalue weighted by Gasteiger charge is 2.00. The second-order valence-corrected chi connectivity index (χ2v) is 2.74. The topological polar surface area (TPSA) is 67.4 Å². The maximum atomic E-state index is 11.0. The molecule has 0 atom stereocenters. The Labute approximate surface area is 87.4 Å². The van der Waals surface area contributed by atoms with E-state index >= 15 is 0 Å². The molecule has 0 bridgehead atoms. The second-order valence-electron chi connectivity index (χ2n) is 2.74. The molecule has 1 aromatic carbocycles. The highest BCUT2D eigenvalue weighted by Crippen LogP contribution is 1.99. The van der Waals surface area contributed by atoms with Crippen LogP contribution in [0.5, 0.6) is 0 Å². The van der Waals surface area contributed by atoms with Gasteiger partial charge in [-0.3, -0.25) is 4.79 Å². The summed E-state index contributed by atoms with van der Waals surface area (Å²) in [4.78, 5) is 20.9. The Morgan fingerprint density at radius 3 is 2.73 bits per heavy atom. The van der Waals surface area contributed by atoms with E-state index in [4.69, 9.17) is 4.74 Å². The number of amides is 2. The van der Waals surface area contributed by atoms with Crippen molar-refractivity contribution in [3.05, 3.63) is 35.9 Å². The predicted molar refractivity (Wildman–Crippen MR) is 53.8 cm³/mol.